The highest BCUT2D eigenvalue weighted by Gasteiger charge is 2.46. The number of hydrogen-bond acceptors (Lipinski definition) is 7. The lowest BCUT2D eigenvalue weighted by molar-refractivity contribution is -0.123. The van der Waals surface area contributed by atoms with Crippen molar-refractivity contribution in [3.63, 3.8) is 0 Å². The van der Waals surface area contributed by atoms with Gasteiger partial charge in [-0.15, -0.1) is 23.7 Å². The van der Waals surface area contributed by atoms with Crippen LogP contribution in [-0.2, 0) is 4.79 Å². The maximum Gasteiger partial charge on any atom is 0.248 e. The number of anilines is 3. The zero-order valence-electron chi connectivity index (χ0n) is 13.3. The SMILES string of the molecule is CC[C@]1(C#N)CCN(c2ccnc(Nc3cnc(C)s3)n2)C1=O.Cl. The van der Waals surface area contributed by atoms with Crippen molar-refractivity contribution in [2.45, 2.75) is 26.7 Å². The Labute approximate surface area is 150 Å². The van der Waals surface area contributed by atoms with Gasteiger partial charge in [-0.1, -0.05) is 6.92 Å². The number of aromatic nitrogens is 3. The molecule has 1 aliphatic rings. The van der Waals surface area contributed by atoms with Gasteiger partial charge in [0.05, 0.1) is 17.3 Å². The molecule has 0 unspecified atom stereocenters. The lowest BCUT2D eigenvalue weighted by Gasteiger charge is -2.19. The molecule has 0 saturated carbocycles. The van der Waals surface area contributed by atoms with Crippen molar-refractivity contribution in [2.24, 2.45) is 5.41 Å². The molecule has 1 saturated heterocycles. The van der Waals surface area contributed by atoms with Crippen molar-refractivity contribution in [3.05, 3.63) is 23.5 Å². The third kappa shape index (κ3) is 3.18. The minimum Gasteiger partial charge on any atom is -0.314 e. The Bertz CT molecular complexity index is 788. The first-order chi connectivity index (χ1) is 11.1. The molecule has 3 rings (SSSR count). The van der Waals surface area contributed by atoms with Crippen molar-refractivity contribution in [1.82, 2.24) is 15.0 Å². The second-order valence-electron chi connectivity index (χ2n) is 5.36. The van der Waals surface area contributed by atoms with Gasteiger partial charge in [0.15, 0.2) is 0 Å². The van der Waals surface area contributed by atoms with Gasteiger partial charge < -0.3 is 5.32 Å². The van der Waals surface area contributed by atoms with Crippen LogP contribution in [0.25, 0.3) is 0 Å². The molecule has 0 bridgehead atoms. The third-order valence-corrected chi connectivity index (χ3v) is 4.84. The minimum absolute atomic E-state index is 0. The summed E-state index contributed by atoms with van der Waals surface area (Å²) in [5.74, 6) is 0.741. The van der Waals surface area contributed by atoms with E-state index in [0.717, 1.165) is 10.0 Å². The molecule has 0 spiro atoms. The average molecular weight is 365 g/mol. The second kappa shape index (κ2) is 7.11. The highest BCUT2D eigenvalue weighted by molar-refractivity contribution is 7.15. The topological polar surface area (TPSA) is 94.8 Å². The van der Waals surface area contributed by atoms with Crippen LogP contribution >= 0.6 is 23.7 Å². The van der Waals surface area contributed by atoms with Gasteiger partial charge in [-0.25, -0.2) is 9.97 Å². The molecule has 0 aromatic carbocycles. The molecule has 1 aliphatic heterocycles. The van der Waals surface area contributed by atoms with Crippen LogP contribution in [-0.4, -0.2) is 27.4 Å². The van der Waals surface area contributed by atoms with Crippen LogP contribution in [0.1, 0.15) is 24.8 Å². The fraction of sp³-hybridized carbons (Fsp3) is 0.400. The first-order valence-electron chi connectivity index (χ1n) is 7.34. The number of carbonyl (C=O) groups excluding carboxylic acids is 1. The van der Waals surface area contributed by atoms with E-state index in [-0.39, 0.29) is 18.3 Å². The Morgan fingerprint density at radius 1 is 1.50 bits per heavy atom. The second-order valence-corrected chi connectivity index (χ2v) is 6.60. The Hall–Kier alpha value is -2.24. The average Bonchev–Trinajstić information content (AvgIpc) is 3.11. The number of nitrogens with one attached hydrogen (secondary N) is 1. The fourth-order valence-corrected chi connectivity index (χ4v) is 3.26. The van der Waals surface area contributed by atoms with Crippen molar-refractivity contribution in [2.75, 3.05) is 16.8 Å². The van der Waals surface area contributed by atoms with Crippen LogP contribution in [0, 0.1) is 23.7 Å². The number of amides is 1. The fourth-order valence-electron chi connectivity index (χ4n) is 2.59. The van der Waals surface area contributed by atoms with Crippen LogP contribution in [0.2, 0.25) is 0 Å². The summed E-state index contributed by atoms with van der Waals surface area (Å²) >= 11 is 1.50. The molecule has 9 heteroatoms. The van der Waals surface area contributed by atoms with Gasteiger partial charge >= 0.3 is 0 Å². The number of carbonyl (C=O) groups is 1. The Morgan fingerprint density at radius 2 is 2.29 bits per heavy atom. The van der Waals surface area contributed by atoms with Crippen LogP contribution in [0.15, 0.2) is 18.5 Å². The lowest BCUT2D eigenvalue weighted by Crippen LogP contribution is -2.33. The maximum absolute atomic E-state index is 12.6. The van der Waals surface area contributed by atoms with Gasteiger partial charge in [0, 0.05) is 12.7 Å². The smallest absolute Gasteiger partial charge is 0.248 e. The lowest BCUT2D eigenvalue weighted by atomic mass is 9.85. The van der Waals surface area contributed by atoms with Crippen LogP contribution in [0.3, 0.4) is 0 Å². The zero-order valence-corrected chi connectivity index (χ0v) is 14.9. The van der Waals surface area contributed by atoms with Gasteiger partial charge in [0.1, 0.15) is 16.2 Å². The van der Waals surface area contributed by atoms with E-state index < -0.39 is 5.41 Å². The molecular weight excluding hydrogens is 348 g/mol. The number of hydrogen-bond donors (Lipinski definition) is 1. The third-order valence-electron chi connectivity index (χ3n) is 4.01. The highest BCUT2D eigenvalue weighted by atomic mass is 35.5. The van der Waals surface area contributed by atoms with Gasteiger partial charge in [0.2, 0.25) is 11.9 Å². The quantitative estimate of drug-likeness (QED) is 0.895. The summed E-state index contributed by atoms with van der Waals surface area (Å²) < 4.78 is 0. The van der Waals surface area contributed by atoms with E-state index in [1.165, 1.54) is 11.3 Å². The van der Waals surface area contributed by atoms with Crippen LogP contribution < -0.4 is 10.2 Å². The van der Waals surface area contributed by atoms with Crippen molar-refractivity contribution in [3.8, 4) is 6.07 Å². The first-order valence-corrected chi connectivity index (χ1v) is 8.15. The highest BCUT2D eigenvalue weighted by Crippen LogP contribution is 2.36. The van der Waals surface area contributed by atoms with Crippen molar-refractivity contribution >= 4 is 46.4 Å². The molecule has 1 N–H and O–H groups in total. The predicted octanol–water partition coefficient (Wildman–Crippen LogP) is 3.06. The molecule has 24 heavy (non-hydrogen) atoms. The molecule has 1 fully saturated rings. The Kier molecular flexibility index (Phi) is 5.36. The molecule has 1 atom stereocenters. The monoisotopic (exact) mass is 364 g/mol. The normalized spacial score (nSPS) is 19.7. The number of halogens is 1. The number of rotatable bonds is 4. The van der Waals surface area contributed by atoms with Crippen LogP contribution in [0.5, 0.6) is 0 Å². The molecule has 3 heterocycles. The number of aryl methyl sites for hydroxylation is 1. The van der Waals surface area contributed by atoms with Gasteiger partial charge in [-0.05, 0) is 25.8 Å². The van der Waals surface area contributed by atoms with E-state index in [0.29, 0.717) is 31.2 Å². The summed E-state index contributed by atoms with van der Waals surface area (Å²) in [6.07, 6.45) is 4.35. The number of nitriles is 1. The summed E-state index contributed by atoms with van der Waals surface area (Å²) in [5.41, 5.74) is -0.923. The van der Waals surface area contributed by atoms with E-state index >= 15 is 0 Å². The number of thiazole rings is 1. The molecule has 0 radical (unpaired) electrons. The summed E-state index contributed by atoms with van der Waals surface area (Å²) in [5, 5.41) is 14.2. The summed E-state index contributed by atoms with van der Waals surface area (Å²) in [4.78, 5) is 26.9. The maximum atomic E-state index is 12.6. The standard InChI is InChI=1S/C15H16N6OS.ClH/c1-3-15(9-16)5-7-21(13(15)22)11-4-6-17-14(19-11)20-12-8-18-10(2)23-12;/h4,6,8H,3,5,7H2,1-2H3,(H,17,19,20);1H/t15-;/m1./s1. The summed E-state index contributed by atoms with van der Waals surface area (Å²) in [7, 11) is 0. The van der Waals surface area contributed by atoms with Crippen molar-refractivity contribution in [1.29, 1.82) is 5.26 Å². The Morgan fingerprint density at radius 3 is 2.88 bits per heavy atom. The zero-order chi connectivity index (χ0) is 16.4. The molecule has 1 amide bonds. The molecule has 126 valence electrons. The minimum atomic E-state index is -0.923. The summed E-state index contributed by atoms with van der Waals surface area (Å²) in [6, 6.07) is 3.86. The molecule has 2 aromatic heterocycles. The summed E-state index contributed by atoms with van der Waals surface area (Å²) in [6.45, 7) is 4.28. The number of nitrogens with zero attached hydrogens (tertiary/aromatic N) is 5. The Balaban J connectivity index is 0.00000208. The van der Waals surface area contributed by atoms with Crippen molar-refractivity contribution < 1.29 is 4.79 Å². The van der Waals surface area contributed by atoms with E-state index in [1.807, 2.05) is 13.8 Å². The first kappa shape index (κ1) is 18.1. The van der Waals surface area contributed by atoms with E-state index in [1.54, 1.807) is 23.4 Å². The van der Waals surface area contributed by atoms with Gasteiger partial charge in [0.25, 0.3) is 0 Å². The van der Waals surface area contributed by atoms with E-state index in [4.69, 9.17) is 0 Å². The van der Waals surface area contributed by atoms with E-state index in [2.05, 4.69) is 26.3 Å². The molecule has 0 aliphatic carbocycles. The van der Waals surface area contributed by atoms with Crippen LogP contribution in [0.4, 0.5) is 16.8 Å². The van der Waals surface area contributed by atoms with E-state index in [9.17, 15) is 10.1 Å². The molecular formula is C15H17ClN6OS. The molecule has 2 aromatic rings. The largest absolute Gasteiger partial charge is 0.314 e. The van der Waals surface area contributed by atoms with Gasteiger partial charge in [-0.3, -0.25) is 9.69 Å². The molecule has 7 nitrogen and oxygen atoms in total. The van der Waals surface area contributed by atoms with Gasteiger partial charge in [-0.2, -0.15) is 10.2 Å². The predicted molar refractivity (Wildman–Crippen MR) is 94.7 cm³/mol.